The van der Waals surface area contributed by atoms with Gasteiger partial charge in [-0.25, -0.2) is 4.79 Å². The summed E-state index contributed by atoms with van der Waals surface area (Å²) in [5.74, 6) is -0.722. The molecule has 9 nitrogen and oxygen atoms in total. The molecule has 0 fully saturated rings. The third-order valence-corrected chi connectivity index (χ3v) is 2.52. The lowest BCUT2D eigenvalue weighted by Gasteiger charge is -2.04. The van der Waals surface area contributed by atoms with Crippen molar-refractivity contribution in [2.75, 3.05) is 11.9 Å². The molecule has 0 spiro atoms. The van der Waals surface area contributed by atoms with Crippen LogP contribution < -0.4 is 5.32 Å². The molecule has 1 amide bonds. The third kappa shape index (κ3) is 3.88. The number of rotatable bonds is 5. The van der Waals surface area contributed by atoms with Crippen LogP contribution in [0.4, 0.5) is 11.5 Å². The second-order valence-electron chi connectivity index (χ2n) is 4.25. The molecule has 0 atom stereocenters. The van der Waals surface area contributed by atoms with E-state index in [2.05, 4.69) is 10.5 Å². The van der Waals surface area contributed by atoms with E-state index in [0.717, 1.165) is 6.07 Å². The summed E-state index contributed by atoms with van der Waals surface area (Å²) in [6, 6.07) is 6.53. The molecule has 9 heteroatoms. The van der Waals surface area contributed by atoms with E-state index in [9.17, 15) is 19.7 Å². The molecule has 0 saturated carbocycles. The maximum atomic E-state index is 11.7. The third-order valence-electron chi connectivity index (χ3n) is 2.52. The number of carbonyl (C=O) groups is 2. The van der Waals surface area contributed by atoms with Gasteiger partial charge in [0.25, 0.3) is 11.6 Å². The van der Waals surface area contributed by atoms with Gasteiger partial charge in [-0.05, 0) is 13.0 Å². The van der Waals surface area contributed by atoms with E-state index >= 15 is 0 Å². The van der Waals surface area contributed by atoms with Gasteiger partial charge in [-0.1, -0.05) is 11.2 Å². The number of benzene rings is 1. The largest absolute Gasteiger partial charge is 0.452 e. The van der Waals surface area contributed by atoms with Crippen LogP contribution in [0.3, 0.4) is 0 Å². The molecule has 1 heterocycles. The molecule has 1 aromatic carbocycles. The van der Waals surface area contributed by atoms with Gasteiger partial charge < -0.3 is 14.6 Å². The summed E-state index contributed by atoms with van der Waals surface area (Å²) in [5, 5.41) is 16.5. The average Bonchev–Trinajstić information content (AvgIpc) is 2.90. The molecule has 2 rings (SSSR count). The van der Waals surface area contributed by atoms with Crippen molar-refractivity contribution in [2.45, 2.75) is 6.92 Å². The van der Waals surface area contributed by atoms with Crippen molar-refractivity contribution < 1.29 is 23.8 Å². The smallest absolute Gasteiger partial charge is 0.338 e. The predicted octanol–water partition coefficient (Wildman–Crippen LogP) is 1.69. The minimum absolute atomic E-state index is 0.0146. The lowest BCUT2D eigenvalue weighted by atomic mass is 10.2. The van der Waals surface area contributed by atoms with Crippen LogP contribution in [0.15, 0.2) is 34.9 Å². The molecule has 0 unspecified atom stereocenters. The van der Waals surface area contributed by atoms with Crippen molar-refractivity contribution in [1.29, 1.82) is 0 Å². The number of anilines is 1. The Balaban J connectivity index is 1.90. The number of carbonyl (C=O) groups excluding carboxylic acids is 2. The number of nitrogens with zero attached hydrogens (tertiary/aromatic N) is 2. The van der Waals surface area contributed by atoms with Crippen molar-refractivity contribution in [3.05, 3.63) is 51.8 Å². The van der Waals surface area contributed by atoms with Gasteiger partial charge in [0, 0.05) is 18.2 Å². The van der Waals surface area contributed by atoms with Gasteiger partial charge in [0.05, 0.1) is 10.5 Å². The molecule has 0 radical (unpaired) electrons. The summed E-state index contributed by atoms with van der Waals surface area (Å²) in [6.07, 6.45) is 0. The average molecular weight is 305 g/mol. The fourth-order valence-electron chi connectivity index (χ4n) is 1.57. The van der Waals surface area contributed by atoms with Crippen molar-refractivity contribution in [3.8, 4) is 0 Å². The van der Waals surface area contributed by atoms with E-state index in [-0.39, 0.29) is 17.1 Å². The number of nitro benzene ring substituents is 1. The molecular formula is C13H11N3O6. The number of hydrogen-bond donors (Lipinski definition) is 1. The molecule has 22 heavy (non-hydrogen) atoms. The van der Waals surface area contributed by atoms with E-state index in [1.165, 1.54) is 24.3 Å². The SMILES string of the molecule is Cc1cc(NC(=O)COC(=O)c2cccc([N+](=O)[O-])c2)no1. The molecule has 0 aliphatic rings. The highest BCUT2D eigenvalue weighted by atomic mass is 16.6. The van der Waals surface area contributed by atoms with Crippen molar-refractivity contribution in [2.24, 2.45) is 0 Å². The van der Waals surface area contributed by atoms with Crippen LogP contribution in [-0.4, -0.2) is 28.6 Å². The van der Waals surface area contributed by atoms with Crippen molar-refractivity contribution in [3.63, 3.8) is 0 Å². The van der Waals surface area contributed by atoms with Gasteiger partial charge in [0.1, 0.15) is 5.76 Å². The van der Waals surface area contributed by atoms with E-state index in [0.29, 0.717) is 5.76 Å². The summed E-state index contributed by atoms with van der Waals surface area (Å²) in [5.41, 5.74) is -0.253. The zero-order chi connectivity index (χ0) is 16.1. The molecule has 0 aliphatic heterocycles. The molecule has 0 saturated heterocycles. The van der Waals surface area contributed by atoms with Crippen LogP contribution in [-0.2, 0) is 9.53 Å². The Morgan fingerprint density at radius 2 is 2.18 bits per heavy atom. The normalized spacial score (nSPS) is 10.0. The molecule has 2 aromatic rings. The first-order chi connectivity index (χ1) is 10.5. The fraction of sp³-hybridized carbons (Fsp3) is 0.154. The van der Waals surface area contributed by atoms with Crippen molar-refractivity contribution >= 4 is 23.4 Å². The van der Waals surface area contributed by atoms with Crippen LogP contribution in [0.2, 0.25) is 0 Å². The fourth-order valence-corrected chi connectivity index (χ4v) is 1.57. The van der Waals surface area contributed by atoms with Crippen LogP contribution in [0.1, 0.15) is 16.1 Å². The van der Waals surface area contributed by atoms with Gasteiger partial charge in [-0.2, -0.15) is 0 Å². The second-order valence-corrected chi connectivity index (χ2v) is 4.25. The monoisotopic (exact) mass is 305 g/mol. The number of aryl methyl sites for hydroxylation is 1. The molecule has 1 N–H and O–H groups in total. The van der Waals surface area contributed by atoms with E-state index < -0.39 is 23.4 Å². The maximum Gasteiger partial charge on any atom is 0.338 e. The van der Waals surface area contributed by atoms with E-state index in [1.807, 2.05) is 0 Å². The van der Waals surface area contributed by atoms with Gasteiger partial charge >= 0.3 is 5.97 Å². The molecule has 114 valence electrons. The predicted molar refractivity (Wildman–Crippen MR) is 73.2 cm³/mol. The van der Waals surface area contributed by atoms with Crippen LogP contribution in [0.5, 0.6) is 0 Å². The first kappa shape index (κ1) is 15.2. The Morgan fingerprint density at radius 3 is 2.82 bits per heavy atom. The number of nitro groups is 1. The Bertz CT molecular complexity index is 724. The summed E-state index contributed by atoms with van der Waals surface area (Å²) in [4.78, 5) is 33.3. The zero-order valence-electron chi connectivity index (χ0n) is 11.4. The second kappa shape index (κ2) is 6.48. The number of nitrogens with one attached hydrogen (secondary N) is 1. The topological polar surface area (TPSA) is 125 Å². The lowest BCUT2D eigenvalue weighted by Crippen LogP contribution is -2.21. The Morgan fingerprint density at radius 1 is 1.41 bits per heavy atom. The van der Waals surface area contributed by atoms with E-state index in [4.69, 9.17) is 9.26 Å². The number of aromatic nitrogens is 1. The Kier molecular flexibility index (Phi) is 4.47. The summed E-state index contributed by atoms with van der Waals surface area (Å²) < 4.78 is 9.53. The highest BCUT2D eigenvalue weighted by Crippen LogP contribution is 2.14. The molecule has 1 aromatic heterocycles. The van der Waals surface area contributed by atoms with Gasteiger partial charge in [-0.3, -0.25) is 14.9 Å². The first-order valence-electron chi connectivity index (χ1n) is 6.10. The maximum absolute atomic E-state index is 11.7. The Labute approximate surface area is 124 Å². The number of esters is 1. The zero-order valence-corrected chi connectivity index (χ0v) is 11.4. The van der Waals surface area contributed by atoms with Crippen LogP contribution in [0, 0.1) is 17.0 Å². The highest BCUT2D eigenvalue weighted by Gasteiger charge is 2.14. The summed E-state index contributed by atoms with van der Waals surface area (Å²) >= 11 is 0. The van der Waals surface area contributed by atoms with Crippen molar-refractivity contribution in [1.82, 2.24) is 5.16 Å². The molecule has 0 aliphatic carbocycles. The number of ether oxygens (including phenoxy) is 1. The summed E-state index contributed by atoms with van der Waals surface area (Å²) in [6.45, 7) is 1.11. The molecule has 0 bridgehead atoms. The van der Waals surface area contributed by atoms with E-state index in [1.54, 1.807) is 6.92 Å². The lowest BCUT2D eigenvalue weighted by molar-refractivity contribution is -0.384. The molecular weight excluding hydrogens is 294 g/mol. The van der Waals surface area contributed by atoms with Gasteiger partial charge in [0.2, 0.25) is 0 Å². The summed E-state index contributed by atoms with van der Waals surface area (Å²) in [7, 11) is 0. The number of amides is 1. The number of hydrogen-bond acceptors (Lipinski definition) is 7. The van der Waals surface area contributed by atoms with Gasteiger partial charge in [0.15, 0.2) is 12.4 Å². The standard InChI is InChI=1S/C13H11N3O6/c1-8-5-11(15-22-8)14-12(17)7-21-13(18)9-3-2-4-10(6-9)16(19)20/h2-6H,7H2,1H3,(H,14,15,17). The van der Waals surface area contributed by atoms with Crippen LogP contribution >= 0.6 is 0 Å². The van der Waals surface area contributed by atoms with Gasteiger partial charge in [-0.15, -0.1) is 0 Å². The minimum Gasteiger partial charge on any atom is -0.452 e. The van der Waals surface area contributed by atoms with Crippen LogP contribution in [0.25, 0.3) is 0 Å². The quantitative estimate of drug-likeness (QED) is 0.506. The minimum atomic E-state index is -0.838. The number of non-ortho nitro benzene ring substituents is 1. The Hall–Kier alpha value is -3.23. The highest BCUT2D eigenvalue weighted by molar-refractivity contribution is 5.95. The first-order valence-corrected chi connectivity index (χ1v) is 6.10.